The summed E-state index contributed by atoms with van der Waals surface area (Å²) < 4.78 is -1.42. The van der Waals surface area contributed by atoms with Gasteiger partial charge in [-0.25, -0.2) is 0 Å². The van der Waals surface area contributed by atoms with Gasteiger partial charge in [0.1, 0.15) is 5.78 Å². The Bertz CT molecular complexity index is 806. The SMILES string of the molecule is CCCCC(=O)CC(c1ccccc1)C1(Br)C(=O)c2ccccc2C1=O. The third-order valence-electron chi connectivity index (χ3n) is 5.00. The number of halogens is 1. The normalized spacial score (nSPS) is 16.4. The molecule has 0 radical (unpaired) electrons. The van der Waals surface area contributed by atoms with Gasteiger partial charge in [-0.2, -0.15) is 0 Å². The minimum atomic E-state index is -1.42. The number of ketones is 3. The molecule has 3 rings (SSSR count). The van der Waals surface area contributed by atoms with Crippen LogP contribution in [0.4, 0.5) is 0 Å². The summed E-state index contributed by atoms with van der Waals surface area (Å²) in [6.45, 7) is 2.04. The smallest absolute Gasteiger partial charge is 0.188 e. The summed E-state index contributed by atoms with van der Waals surface area (Å²) in [5, 5.41) is 0. The zero-order valence-electron chi connectivity index (χ0n) is 14.7. The van der Waals surface area contributed by atoms with Crippen LogP contribution in [0, 0.1) is 0 Å². The number of hydrogen-bond donors (Lipinski definition) is 0. The van der Waals surface area contributed by atoms with Crippen molar-refractivity contribution in [3.8, 4) is 0 Å². The fourth-order valence-electron chi connectivity index (χ4n) is 3.57. The molecule has 1 unspecified atom stereocenters. The number of benzene rings is 2. The average Bonchev–Trinajstić information content (AvgIpc) is 2.87. The second kappa shape index (κ2) is 7.67. The summed E-state index contributed by atoms with van der Waals surface area (Å²) >= 11 is 3.51. The molecule has 0 aromatic heterocycles. The highest BCUT2D eigenvalue weighted by Gasteiger charge is 2.56. The van der Waals surface area contributed by atoms with Crippen molar-refractivity contribution in [3.05, 3.63) is 71.3 Å². The quantitative estimate of drug-likeness (QED) is 0.467. The lowest BCUT2D eigenvalue weighted by Crippen LogP contribution is -2.42. The highest BCUT2D eigenvalue weighted by atomic mass is 79.9. The molecular weight excluding hydrogens is 392 g/mol. The number of unbranched alkanes of at least 4 members (excludes halogenated alkanes) is 1. The molecule has 3 nitrogen and oxygen atoms in total. The highest BCUT2D eigenvalue weighted by molar-refractivity contribution is 9.10. The summed E-state index contributed by atoms with van der Waals surface area (Å²) in [6, 6.07) is 16.2. The molecule has 0 bridgehead atoms. The van der Waals surface area contributed by atoms with E-state index in [1.807, 2.05) is 37.3 Å². The maximum absolute atomic E-state index is 13.2. The third kappa shape index (κ3) is 3.18. The van der Waals surface area contributed by atoms with Gasteiger partial charge in [0.15, 0.2) is 15.9 Å². The van der Waals surface area contributed by atoms with Crippen molar-refractivity contribution in [3.63, 3.8) is 0 Å². The molecule has 1 atom stereocenters. The molecule has 0 amide bonds. The standard InChI is InChI=1S/C22H21BrO3/c1-2-3-11-16(24)14-19(15-9-5-4-6-10-15)22(23)20(25)17-12-7-8-13-18(17)21(22)26/h4-10,12-13,19H,2-3,11,14H2,1H3. The molecule has 4 heteroatoms. The van der Waals surface area contributed by atoms with Gasteiger partial charge in [0.25, 0.3) is 0 Å². The van der Waals surface area contributed by atoms with E-state index in [4.69, 9.17) is 0 Å². The van der Waals surface area contributed by atoms with E-state index in [-0.39, 0.29) is 23.8 Å². The molecule has 0 saturated carbocycles. The lowest BCUT2D eigenvalue weighted by atomic mass is 9.79. The first-order chi connectivity index (χ1) is 12.5. The molecule has 0 N–H and O–H groups in total. The molecule has 0 heterocycles. The maximum atomic E-state index is 13.2. The maximum Gasteiger partial charge on any atom is 0.188 e. The first-order valence-corrected chi connectivity index (χ1v) is 9.73. The monoisotopic (exact) mass is 412 g/mol. The predicted molar refractivity (Wildman–Crippen MR) is 105 cm³/mol. The molecule has 1 aliphatic rings. The van der Waals surface area contributed by atoms with Gasteiger partial charge in [0, 0.05) is 29.9 Å². The second-order valence-electron chi connectivity index (χ2n) is 6.73. The van der Waals surface area contributed by atoms with Crippen molar-refractivity contribution in [2.45, 2.75) is 42.8 Å². The number of carbonyl (C=O) groups excluding carboxylic acids is 3. The van der Waals surface area contributed by atoms with Crippen molar-refractivity contribution in [2.24, 2.45) is 0 Å². The van der Waals surface area contributed by atoms with Crippen molar-refractivity contribution in [1.82, 2.24) is 0 Å². The molecule has 134 valence electrons. The van der Waals surface area contributed by atoms with Crippen molar-refractivity contribution in [2.75, 3.05) is 0 Å². The Morgan fingerprint density at radius 1 is 0.962 bits per heavy atom. The van der Waals surface area contributed by atoms with Crippen LogP contribution in [-0.2, 0) is 4.79 Å². The van der Waals surface area contributed by atoms with E-state index in [9.17, 15) is 14.4 Å². The first kappa shape index (κ1) is 18.7. The Morgan fingerprint density at radius 2 is 1.50 bits per heavy atom. The van der Waals surface area contributed by atoms with Gasteiger partial charge in [-0.05, 0) is 12.0 Å². The van der Waals surface area contributed by atoms with Gasteiger partial charge < -0.3 is 0 Å². The van der Waals surface area contributed by atoms with E-state index in [1.54, 1.807) is 24.3 Å². The van der Waals surface area contributed by atoms with Crippen molar-refractivity contribution in [1.29, 1.82) is 0 Å². The van der Waals surface area contributed by atoms with Crippen LogP contribution in [0.2, 0.25) is 0 Å². The van der Waals surface area contributed by atoms with Gasteiger partial charge in [-0.15, -0.1) is 0 Å². The number of hydrogen-bond acceptors (Lipinski definition) is 3. The zero-order chi connectivity index (χ0) is 18.7. The second-order valence-corrected chi connectivity index (χ2v) is 7.98. The molecule has 1 aliphatic carbocycles. The Hall–Kier alpha value is -2.07. The Morgan fingerprint density at radius 3 is 2.04 bits per heavy atom. The van der Waals surface area contributed by atoms with E-state index in [2.05, 4.69) is 15.9 Å². The fraction of sp³-hybridized carbons (Fsp3) is 0.318. The van der Waals surface area contributed by atoms with Crippen LogP contribution in [0.3, 0.4) is 0 Å². The molecule has 26 heavy (non-hydrogen) atoms. The molecule has 0 fully saturated rings. The van der Waals surface area contributed by atoms with Gasteiger partial charge in [0.2, 0.25) is 0 Å². The van der Waals surface area contributed by atoms with Crippen molar-refractivity contribution >= 4 is 33.3 Å². The minimum Gasteiger partial charge on any atom is -0.300 e. The van der Waals surface area contributed by atoms with E-state index in [1.165, 1.54) is 0 Å². The molecular formula is C22H21BrO3. The number of rotatable bonds is 7. The molecule has 2 aromatic carbocycles. The van der Waals surface area contributed by atoms with Gasteiger partial charge >= 0.3 is 0 Å². The molecule has 0 spiro atoms. The van der Waals surface area contributed by atoms with E-state index in [0.717, 1.165) is 18.4 Å². The fourth-order valence-corrected chi connectivity index (χ4v) is 4.42. The average molecular weight is 413 g/mol. The lowest BCUT2D eigenvalue weighted by Gasteiger charge is -2.29. The summed E-state index contributed by atoms with van der Waals surface area (Å²) in [5.74, 6) is -0.956. The summed E-state index contributed by atoms with van der Waals surface area (Å²) in [5.41, 5.74) is 1.68. The van der Waals surface area contributed by atoms with Crippen molar-refractivity contribution < 1.29 is 14.4 Å². The van der Waals surface area contributed by atoms with E-state index in [0.29, 0.717) is 17.5 Å². The van der Waals surface area contributed by atoms with Crippen LogP contribution in [0.15, 0.2) is 54.6 Å². The van der Waals surface area contributed by atoms with Crippen LogP contribution >= 0.6 is 15.9 Å². The Labute approximate surface area is 161 Å². The molecule has 0 saturated heterocycles. The number of alkyl halides is 1. The summed E-state index contributed by atoms with van der Waals surface area (Å²) in [7, 11) is 0. The minimum absolute atomic E-state index is 0.0797. The number of Topliss-reactive ketones (excluding diaryl/α,β-unsaturated/α-hetero) is 3. The van der Waals surface area contributed by atoms with Crippen LogP contribution in [0.1, 0.15) is 64.8 Å². The predicted octanol–water partition coefficient (Wildman–Crippen LogP) is 5.13. The van der Waals surface area contributed by atoms with Gasteiger partial charge in [0.05, 0.1) is 0 Å². The van der Waals surface area contributed by atoms with Crippen LogP contribution in [-0.4, -0.2) is 21.7 Å². The first-order valence-electron chi connectivity index (χ1n) is 8.94. The summed E-state index contributed by atoms with van der Waals surface area (Å²) in [6.07, 6.45) is 2.39. The van der Waals surface area contributed by atoms with Crippen LogP contribution < -0.4 is 0 Å². The lowest BCUT2D eigenvalue weighted by molar-refractivity contribution is -0.119. The number of carbonyl (C=O) groups is 3. The van der Waals surface area contributed by atoms with E-state index >= 15 is 0 Å². The zero-order valence-corrected chi connectivity index (χ0v) is 16.3. The third-order valence-corrected chi connectivity index (χ3v) is 6.27. The van der Waals surface area contributed by atoms with Crippen LogP contribution in [0.5, 0.6) is 0 Å². The van der Waals surface area contributed by atoms with Gasteiger partial charge in [-0.1, -0.05) is 83.9 Å². The number of fused-ring (bicyclic) bond motifs is 1. The Kier molecular flexibility index (Phi) is 5.52. The molecule has 0 aliphatic heterocycles. The van der Waals surface area contributed by atoms with Crippen LogP contribution in [0.25, 0.3) is 0 Å². The van der Waals surface area contributed by atoms with E-state index < -0.39 is 10.2 Å². The topological polar surface area (TPSA) is 51.2 Å². The summed E-state index contributed by atoms with van der Waals surface area (Å²) in [4.78, 5) is 38.8. The molecule has 2 aromatic rings. The van der Waals surface area contributed by atoms with Gasteiger partial charge in [-0.3, -0.25) is 14.4 Å². The Balaban J connectivity index is 2.03. The highest BCUT2D eigenvalue weighted by Crippen LogP contribution is 2.48. The largest absolute Gasteiger partial charge is 0.300 e.